The molecule has 0 saturated carbocycles. The Morgan fingerprint density at radius 1 is 1.31 bits per heavy atom. The minimum absolute atomic E-state index is 0.0435. The molecule has 2 aromatic heterocycles. The maximum Gasteiger partial charge on any atom is 0.216 e. The van der Waals surface area contributed by atoms with Crippen LogP contribution in [0.3, 0.4) is 0 Å². The number of benzene rings is 1. The first-order valence-electron chi connectivity index (χ1n) is 8.05. The topological polar surface area (TPSA) is 64.0 Å². The smallest absolute Gasteiger partial charge is 0.216 e. The van der Waals surface area contributed by atoms with Gasteiger partial charge in [0.15, 0.2) is 10.9 Å². The number of halogens is 1. The van der Waals surface area contributed by atoms with Gasteiger partial charge < -0.3 is 9.88 Å². The Balaban J connectivity index is 1.61. The molecule has 3 aromatic rings. The maximum atomic E-state index is 12.5. The molecule has 0 aliphatic rings. The number of hydrogen-bond donors (Lipinski definition) is 1. The van der Waals surface area contributed by atoms with Crippen molar-refractivity contribution in [1.29, 1.82) is 0 Å². The van der Waals surface area contributed by atoms with Crippen molar-refractivity contribution in [1.82, 2.24) is 14.9 Å². The first-order chi connectivity index (χ1) is 12.4. The Bertz CT molecular complexity index is 965. The number of Topliss-reactive ketones (excluding diaryl/α,β-unsaturated/α-hetero) is 1. The number of hydrogen-bond acceptors (Lipinski definition) is 5. The summed E-state index contributed by atoms with van der Waals surface area (Å²) in [5, 5.41) is 4.20. The number of nitrogens with zero attached hydrogens (tertiary/aromatic N) is 2. The number of aryl methyl sites for hydroxylation is 1. The second-order valence-electron chi connectivity index (χ2n) is 5.80. The van der Waals surface area contributed by atoms with Crippen LogP contribution >= 0.6 is 34.7 Å². The van der Waals surface area contributed by atoms with E-state index in [-0.39, 0.29) is 11.7 Å². The highest BCUT2D eigenvalue weighted by Crippen LogP contribution is 2.26. The molecule has 5 nitrogen and oxygen atoms in total. The Kier molecular flexibility index (Phi) is 6.01. The molecule has 0 atom stereocenters. The summed E-state index contributed by atoms with van der Waals surface area (Å²) in [6.45, 7) is 2.08. The van der Waals surface area contributed by atoms with E-state index >= 15 is 0 Å². The van der Waals surface area contributed by atoms with E-state index in [1.807, 2.05) is 41.9 Å². The zero-order valence-corrected chi connectivity index (χ0v) is 16.8. The van der Waals surface area contributed by atoms with E-state index in [2.05, 4.69) is 10.3 Å². The van der Waals surface area contributed by atoms with Crippen LogP contribution in [0, 0.1) is 0 Å². The Morgan fingerprint density at radius 2 is 2.12 bits per heavy atom. The predicted molar refractivity (Wildman–Crippen MR) is 107 cm³/mol. The van der Waals surface area contributed by atoms with Gasteiger partial charge in [-0.25, -0.2) is 4.98 Å². The van der Waals surface area contributed by atoms with Gasteiger partial charge in [-0.3, -0.25) is 9.59 Å². The van der Waals surface area contributed by atoms with Crippen LogP contribution in [0.25, 0.3) is 11.0 Å². The number of nitrogens with one attached hydrogen (secondary N) is 1. The fourth-order valence-electron chi connectivity index (χ4n) is 2.51. The summed E-state index contributed by atoms with van der Waals surface area (Å²) < 4.78 is 1.97. The highest BCUT2D eigenvalue weighted by atomic mass is 35.5. The summed E-state index contributed by atoms with van der Waals surface area (Å²) in [6.07, 6.45) is 0.732. The molecule has 0 radical (unpaired) electrons. The van der Waals surface area contributed by atoms with E-state index in [1.165, 1.54) is 30.0 Å². The van der Waals surface area contributed by atoms with Crippen LogP contribution in [0.5, 0.6) is 0 Å². The van der Waals surface area contributed by atoms with Gasteiger partial charge in [0, 0.05) is 30.4 Å². The fraction of sp³-hybridized carbons (Fsp3) is 0.278. The zero-order valence-electron chi connectivity index (χ0n) is 14.4. The molecule has 0 spiro atoms. The normalized spacial score (nSPS) is 11.0. The van der Waals surface area contributed by atoms with E-state index < -0.39 is 0 Å². The number of fused-ring (bicyclic) bond motifs is 1. The van der Waals surface area contributed by atoms with Crippen LogP contribution < -0.4 is 5.32 Å². The van der Waals surface area contributed by atoms with E-state index in [9.17, 15) is 9.59 Å². The summed E-state index contributed by atoms with van der Waals surface area (Å²) in [4.78, 5) is 29.7. The van der Waals surface area contributed by atoms with Gasteiger partial charge in [-0.1, -0.05) is 23.4 Å². The average Bonchev–Trinajstić information content (AvgIpc) is 3.17. The number of imidazole rings is 1. The first-order valence-corrected chi connectivity index (χ1v) is 10.2. The SMILES string of the molecule is CC(=O)NCCc1ccc(C(=O)CSc2nc3cc(Cl)ccc3n2C)s1. The monoisotopic (exact) mass is 407 g/mol. The molecular formula is C18H18ClN3O2S2. The third-order valence-electron chi connectivity index (χ3n) is 3.82. The lowest BCUT2D eigenvalue weighted by Crippen LogP contribution is -2.22. The molecule has 26 heavy (non-hydrogen) atoms. The molecule has 0 aliphatic heterocycles. The minimum atomic E-state index is -0.0435. The second-order valence-corrected chi connectivity index (χ2v) is 8.34. The van der Waals surface area contributed by atoms with Gasteiger partial charge in [-0.2, -0.15) is 0 Å². The molecule has 1 N–H and O–H groups in total. The number of carbonyl (C=O) groups is 2. The van der Waals surface area contributed by atoms with Crippen LogP contribution in [-0.2, 0) is 18.3 Å². The lowest BCUT2D eigenvalue weighted by molar-refractivity contribution is -0.118. The van der Waals surface area contributed by atoms with E-state index in [1.54, 1.807) is 0 Å². The molecule has 1 aromatic carbocycles. The van der Waals surface area contributed by atoms with Gasteiger partial charge in [0.05, 0.1) is 21.7 Å². The lowest BCUT2D eigenvalue weighted by atomic mass is 10.3. The van der Waals surface area contributed by atoms with Crippen molar-refractivity contribution >= 4 is 57.4 Å². The number of thioether (sulfide) groups is 1. The summed E-state index contributed by atoms with van der Waals surface area (Å²) in [6, 6.07) is 9.38. The van der Waals surface area contributed by atoms with Crippen molar-refractivity contribution in [2.75, 3.05) is 12.3 Å². The van der Waals surface area contributed by atoms with Gasteiger partial charge in [-0.15, -0.1) is 11.3 Å². The van der Waals surface area contributed by atoms with Gasteiger partial charge >= 0.3 is 0 Å². The molecule has 0 unspecified atom stereocenters. The summed E-state index contributed by atoms with van der Waals surface area (Å²) >= 11 is 8.91. The number of aromatic nitrogens is 2. The molecule has 136 valence electrons. The molecule has 3 rings (SSSR count). The van der Waals surface area contributed by atoms with Crippen molar-refractivity contribution in [2.24, 2.45) is 7.05 Å². The van der Waals surface area contributed by atoms with Crippen LogP contribution in [-0.4, -0.2) is 33.5 Å². The molecule has 2 heterocycles. The summed E-state index contributed by atoms with van der Waals surface area (Å²) in [5.41, 5.74) is 1.81. The van der Waals surface area contributed by atoms with Crippen LogP contribution in [0.4, 0.5) is 0 Å². The quantitative estimate of drug-likeness (QED) is 0.476. The molecule has 1 amide bonds. The highest BCUT2D eigenvalue weighted by molar-refractivity contribution is 7.99. The largest absolute Gasteiger partial charge is 0.356 e. The Hall–Kier alpha value is -1.83. The van der Waals surface area contributed by atoms with Gasteiger partial charge in [0.1, 0.15) is 0 Å². The van der Waals surface area contributed by atoms with E-state index in [0.717, 1.165) is 32.4 Å². The molecule has 0 aliphatic carbocycles. The summed E-state index contributed by atoms with van der Waals surface area (Å²) in [5.74, 6) is 0.366. The van der Waals surface area contributed by atoms with Gasteiger partial charge in [0.25, 0.3) is 0 Å². The van der Waals surface area contributed by atoms with Crippen LogP contribution in [0.15, 0.2) is 35.5 Å². The average molecular weight is 408 g/mol. The molecule has 8 heteroatoms. The summed E-state index contributed by atoms with van der Waals surface area (Å²) in [7, 11) is 1.93. The molecule has 0 fully saturated rings. The van der Waals surface area contributed by atoms with Crippen molar-refractivity contribution in [3.05, 3.63) is 45.1 Å². The van der Waals surface area contributed by atoms with Crippen molar-refractivity contribution in [3.63, 3.8) is 0 Å². The number of thiophene rings is 1. The van der Waals surface area contributed by atoms with Crippen LogP contribution in [0.2, 0.25) is 5.02 Å². The number of carbonyl (C=O) groups excluding carboxylic acids is 2. The number of rotatable bonds is 7. The Morgan fingerprint density at radius 3 is 2.88 bits per heavy atom. The predicted octanol–water partition coefficient (Wildman–Crippen LogP) is 3.94. The molecular weight excluding hydrogens is 390 g/mol. The second kappa shape index (κ2) is 8.24. The first kappa shape index (κ1) is 18.9. The zero-order chi connectivity index (χ0) is 18.7. The van der Waals surface area contributed by atoms with Gasteiger partial charge in [0.2, 0.25) is 5.91 Å². The molecule has 0 saturated heterocycles. The number of ketones is 1. The standard InChI is InChI=1S/C18H18ClN3O2S2/c1-11(23)20-8-7-13-4-6-17(26-13)16(24)10-25-18-21-14-9-12(19)3-5-15(14)22(18)2/h3-6,9H,7-8,10H2,1-2H3,(H,20,23). The Labute approximate surface area is 164 Å². The third-order valence-corrected chi connectivity index (χ3v) is 6.27. The highest BCUT2D eigenvalue weighted by Gasteiger charge is 2.14. The number of amides is 1. The molecule has 0 bridgehead atoms. The van der Waals surface area contributed by atoms with Crippen LogP contribution in [0.1, 0.15) is 21.5 Å². The van der Waals surface area contributed by atoms with Crippen molar-refractivity contribution in [2.45, 2.75) is 18.5 Å². The van der Waals surface area contributed by atoms with E-state index in [0.29, 0.717) is 17.3 Å². The lowest BCUT2D eigenvalue weighted by Gasteiger charge is -2.01. The van der Waals surface area contributed by atoms with Gasteiger partial charge in [-0.05, 0) is 36.8 Å². The third kappa shape index (κ3) is 4.47. The minimum Gasteiger partial charge on any atom is -0.356 e. The maximum absolute atomic E-state index is 12.5. The van der Waals surface area contributed by atoms with Crippen molar-refractivity contribution < 1.29 is 9.59 Å². The fourth-order valence-corrected chi connectivity index (χ4v) is 4.58. The van der Waals surface area contributed by atoms with Crippen molar-refractivity contribution in [3.8, 4) is 0 Å². The van der Waals surface area contributed by atoms with E-state index in [4.69, 9.17) is 11.6 Å².